The van der Waals surface area contributed by atoms with E-state index in [1.54, 1.807) is 11.8 Å². The lowest BCUT2D eigenvalue weighted by molar-refractivity contribution is -0.145. The smallest absolute Gasteiger partial charge is 0.254 e. The zero-order chi connectivity index (χ0) is 9.57. The number of likely N-dealkylation sites (tertiary alicyclic amines) is 1. The first-order valence-electron chi connectivity index (χ1n) is 4.29. The predicted octanol–water partition coefficient (Wildman–Crippen LogP) is 0.768. The summed E-state index contributed by atoms with van der Waals surface area (Å²) in [5.41, 5.74) is -1.30. The molecule has 1 atom stereocenters. The maximum atomic E-state index is 11.5. The Bertz CT molecular complexity index is 203. The summed E-state index contributed by atoms with van der Waals surface area (Å²) < 4.78 is 0. The molecule has 0 aliphatic carbocycles. The zero-order valence-corrected chi connectivity index (χ0v) is 8.22. The number of nitrogens with zero attached hydrogens (tertiary/aromatic N) is 1. The molecule has 1 fully saturated rings. The highest BCUT2D eigenvalue weighted by Gasteiger charge is 2.44. The zero-order valence-electron chi connectivity index (χ0n) is 8.22. The van der Waals surface area contributed by atoms with Gasteiger partial charge in [0.1, 0.15) is 5.60 Å². The van der Waals surface area contributed by atoms with E-state index in [0.29, 0.717) is 13.0 Å². The van der Waals surface area contributed by atoms with Gasteiger partial charge in [0.15, 0.2) is 0 Å². The van der Waals surface area contributed by atoms with E-state index in [-0.39, 0.29) is 11.4 Å². The molecule has 3 nitrogen and oxygen atoms in total. The van der Waals surface area contributed by atoms with Crippen LogP contribution in [0, 0.1) is 0 Å². The number of rotatable bonds is 0. The lowest BCUT2D eigenvalue weighted by atomic mass is 10.0. The molecule has 0 saturated carbocycles. The van der Waals surface area contributed by atoms with Crippen LogP contribution in [-0.2, 0) is 4.79 Å². The van der Waals surface area contributed by atoms with Crippen LogP contribution in [0.4, 0.5) is 0 Å². The molecule has 1 rings (SSSR count). The van der Waals surface area contributed by atoms with Gasteiger partial charge in [-0.2, -0.15) is 0 Å². The van der Waals surface area contributed by atoms with Gasteiger partial charge in [0.2, 0.25) is 0 Å². The second kappa shape index (κ2) is 2.46. The first-order valence-corrected chi connectivity index (χ1v) is 4.29. The van der Waals surface area contributed by atoms with E-state index in [0.717, 1.165) is 0 Å². The van der Waals surface area contributed by atoms with Gasteiger partial charge < -0.3 is 10.0 Å². The van der Waals surface area contributed by atoms with E-state index in [9.17, 15) is 9.90 Å². The molecule has 70 valence electrons. The van der Waals surface area contributed by atoms with Crippen LogP contribution >= 0.6 is 0 Å². The van der Waals surface area contributed by atoms with Crippen molar-refractivity contribution in [1.82, 2.24) is 4.90 Å². The highest BCUT2D eigenvalue weighted by Crippen LogP contribution is 2.28. The number of amides is 1. The van der Waals surface area contributed by atoms with Gasteiger partial charge in [0.05, 0.1) is 0 Å². The SMILES string of the molecule is CC1(O)CCN(C(C)(C)C)C1=O. The fraction of sp³-hybridized carbons (Fsp3) is 0.889. The fourth-order valence-electron chi connectivity index (χ4n) is 1.47. The molecule has 1 aliphatic heterocycles. The van der Waals surface area contributed by atoms with Gasteiger partial charge in [-0.25, -0.2) is 0 Å². The Morgan fingerprint density at radius 2 is 2.00 bits per heavy atom. The second-order valence-electron chi connectivity index (χ2n) is 4.65. The van der Waals surface area contributed by atoms with E-state index in [1.165, 1.54) is 0 Å². The van der Waals surface area contributed by atoms with Crippen molar-refractivity contribution >= 4 is 5.91 Å². The molecule has 0 aromatic heterocycles. The van der Waals surface area contributed by atoms with Gasteiger partial charge in [0, 0.05) is 18.5 Å². The Kier molecular flexibility index (Phi) is 1.95. The van der Waals surface area contributed by atoms with Crippen LogP contribution in [0.15, 0.2) is 0 Å². The molecular weight excluding hydrogens is 154 g/mol. The molecule has 1 N–H and O–H groups in total. The monoisotopic (exact) mass is 171 g/mol. The Balaban J connectivity index is 2.82. The maximum Gasteiger partial charge on any atom is 0.254 e. The molecule has 0 spiro atoms. The third-order valence-corrected chi connectivity index (χ3v) is 2.34. The number of carbonyl (C=O) groups excluding carboxylic acids is 1. The molecule has 3 heteroatoms. The highest BCUT2D eigenvalue weighted by atomic mass is 16.3. The maximum absolute atomic E-state index is 11.5. The highest BCUT2D eigenvalue weighted by molar-refractivity contribution is 5.87. The van der Waals surface area contributed by atoms with Crippen LogP contribution in [0.25, 0.3) is 0 Å². The molecule has 0 bridgehead atoms. The van der Waals surface area contributed by atoms with Crippen LogP contribution in [0.1, 0.15) is 34.1 Å². The molecule has 0 radical (unpaired) electrons. The number of hydrogen-bond donors (Lipinski definition) is 1. The van der Waals surface area contributed by atoms with Crippen molar-refractivity contribution in [3.05, 3.63) is 0 Å². The van der Waals surface area contributed by atoms with Crippen LogP contribution in [0.3, 0.4) is 0 Å². The van der Waals surface area contributed by atoms with Crippen molar-refractivity contribution in [2.45, 2.75) is 45.3 Å². The van der Waals surface area contributed by atoms with Gasteiger partial charge in [0.25, 0.3) is 5.91 Å². The fourth-order valence-corrected chi connectivity index (χ4v) is 1.47. The third kappa shape index (κ3) is 1.46. The standard InChI is InChI=1S/C9H17NO2/c1-8(2,3)10-6-5-9(4,12)7(10)11/h12H,5-6H2,1-4H3. The van der Waals surface area contributed by atoms with Gasteiger partial charge in [-0.3, -0.25) is 4.79 Å². The second-order valence-corrected chi connectivity index (χ2v) is 4.65. The minimum Gasteiger partial charge on any atom is -0.380 e. The third-order valence-electron chi connectivity index (χ3n) is 2.34. The molecular formula is C9H17NO2. The minimum atomic E-state index is -1.13. The number of hydrogen-bond acceptors (Lipinski definition) is 2. The molecule has 1 saturated heterocycles. The summed E-state index contributed by atoms with van der Waals surface area (Å²) in [7, 11) is 0. The van der Waals surface area contributed by atoms with Gasteiger partial charge in [-0.15, -0.1) is 0 Å². The first kappa shape index (κ1) is 9.52. The lowest BCUT2D eigenvalue weighted by Gasteiger charge is -2.32. The van der Waals surface area contributed by atoms with E-state index >= 15 is 0 Å². The Hall–Kier alpha value is -0.570. The molecule has 1 aliphatic rings. The summed E-state index contributed by atoms with van der Waals surface area (Å²) in [5, 5.41) is 9.61. The summed E-state index contributed by atoms with van der Waals surface area (Å²) in [6.07, 6.45) is 0.545. The Labute approximate surface area is 73.4 Å². The summed E-state index contributed by atoms with van der Waals surface area (Å²) in [6, 6.07) is 0. The van der Waals surface area contributed by atoms with Crippen molar-refractivity contribution in [2.75, 3.05) is 6.54 Å². The van der Waals surface area contributed by atoms with Gasteiger partial charge >= 0.3 is 0 Å². The van der Waals surface area contributed by atoms with Crippen molar-refractivity contribution in [2.24, 2.45) is 0 Å². The van der Waals surface area contributed by atoms with E-state index in [2.05, 4.69) is 0 Å². The van der Waals surface area contributed by atoms with Crippen LogP contribution in [0.5, 0.6) is 0 Å². The summed E-state index contributed by atoms with van der Waals surface area (Å²) in [6.45, 7) is 8.18. The number of aliphatic hydroxyl groups is 1. The van der Waals surface area contributed by atoms with Gasteiger partial charge in [-0.1, -0.05) is 0 Å². The summed E-state index contributed by atoms with van der Waals surface area (Å²) in [5.74, 6) is -0.144. The topological polar surface area (TPSA) is 40.5 Å². The van der Waals surface area contributed by atoms with Crippen molar-refractivity contribution in [3.8, 4) is 0 Å². The van der Waals surface area contributed by atoms with Gasteiger partial charge in [-0.05, 0) is 27.7 Å². The van der Waals surface area contributed by atoms with E-state index < -0.39 is 5.60 Å². The summed E-state index contributed by atoms with van der Waals surface area (Å²) in [4.78, 5) is 13.3. The van der Waals surface area contributed by atoms with E-state index in [4.69, 9.17) is 0 Å². The molecule has 1 unspecified atom stereocenters. The molecule has 0 aromatic carbocycles. The quantitative estimate of drug-likeness (QED) is 0.584. The van der Waals surface area contributed by atoms with Crippen LogP contribution < -0.4 is 0 Å². The van der Waals surface area contributed by atoms with Crippen LogP contribution in [0.2, 0.25) is 0 Å². The first-order chi connectivity index (χ1) is 5.25. The van der Waals surface area contributed by atoms with Crippen molar-refractivity contribution in [1.29, 1.82) is 0 Å². The average Bonchev–Trinajstić information content (AvgIpc) is 2.06. The number of carbonyl (C=O) groups is 1. The predicted molar refractivity (Wildman–Crippen MR) is 46.7 cm³/mol. The average molecular weight is 171 g/mol. The normalized spacial score (nSPS) is 31.4. The van der Waals surface area contributed by atoms with Crippen molar-refractivity contribution < 1.29 is 9.90 Å². The molecule has 12 heavy (non-hydrogen) atoms. The lowest BCUT2D eigenvalue weighted by Crippen LogP contribution is -2.46. The molecule has 1 heterocycles. The Morgan fingerprint density at radius 1 is 1.50 bits per heavy atom. The minimum absolute atomic E-state index is 0.144. The van der Waals surface area contributed by atoms with Crippen molar-refractivity contribution in [3.63, 3.8) is 0 Å². The largest absolute Gasteiger partial charge is 0.380 e. The molecule has 0 aromatic rings. The molecule has 1 amide bonds. The van der Waals surface area contributed by atoms with E-state index in [1.807, 2.05) is 20.8 Å². The summed E-state index contributed by atoms with van der Waals surface area (Å²) >= 11 is 0. The Morgan fingerprint density at radius 3 is 2.17 bits per heavy atom. The van der Waals surface area contributed by atoms with Crippen LogP contribution in [-0.4, -0.2) is 33.6 Å².